The molecule has 1 aromatic rings. The predicted molar refractivity (Wildman–Crippen MR) is 78.3 cm³/mol. The monoisotopic (exact) mass is 275 g/mol. The van der Waals surface area contributed by atoms with Crippen LogP contribution in [0, 0.1) is 11.8 Å². The molecule has 1 rings (SSSR count). The first kappa shape index (κ1) is 16.2. The number of carbonyl (C=O) groups excluding carboxylic acids is 1. The first-order valence-electron chi connectivity index (χ1n) is 6.38. The molecule has 1 aromatic heterocycles. The highest BCUT2D eigenvalue weighted by Gasteiger charge is 2.21. The van der Waals surface area contributed by atoms with E-state index in [1.165, 1.54) is 6.20 Å². The van der Waals surface area contributed by atoms with Gasteiger partial charge in [-0.2, -0.15) is 0 Å². The normalized spacial score (nSPS) is 10.9. The van der Waals surface area contributed by atoms with Crippen LogP contribution in [0.15, 0.2) is 18.5 Å². The van der Waals surface area contributed by atoms with E-state index in [0.29, 0.717) is 17.7 Å². The van der Waals surface area contributed by atoms with Gasteiger partial charge in [0, 0.05) is 24.5 Å². The van der Waals surface area contributed by atoms with Crippen molar-refractivity contribution >= 4 is 5.91 Å². The summed E-state index contributed by atoms with van der Waals surface area (Å²) >= 11 is 0. The highest BCUT2D eigenvalue weighted by atomic mass is 16.2. The average Bonchev–Trinajstić information content (AvgIpc) is 2.42. The van der Waals surface area contributed by atoms with Crippen molar-refractivity contribution in [2.75, 3.05) is 27.2 Å². The van der Waals surface area contributed by atoms with Gasteiger partial charge in [-0.25, -0.2) is 0 Å². The number of aliphatic hydroxyl groups excluding tert-OH is 1. The van der Waals surface area contributed by atoms with Crippen molar-refractivity contribution in [3.63, 3.8) is 0 Å². The van der Waals surface area contributed by atoms with Crippen LogP contribution >= 0.6 is 0 Å². The van der Waals surface area contributed by atoms with Crippen molar-refractivity contribution in [3.05, 3.63) is 29.6 Å². The Morgan fingerprint density at radius 3 is 2.80 bits per heavy atom. The van der Waals surface area contributed by atoms with Crippen LogP contribution in [0.3, 0.4) is 0 Å². The van der Waals surface area contributed by atoms with Crippen LogP contribution in [0.2, 0.25) is 0 Å². The zero-order valence-electron chi connectivity index (χ0n) is 12.4. The van der Waals surface area contributed by atoms with Crippen LogP contribution in [-0.4, -0.2) is 53.7 Å². The lowest BCUT2D eigenvalue weighted by Gasteiger charge is -2.32. The third kappa shape index (κ3) is 4.34. The quantitative estimate of drug-likeness (QED) is 0.785. The van der Waals surface area contributed by atoms with Crippen LogP contribution in [0.25, 0.3) is 0 Å². The van der Waals surface area contributed by atoms with E-state index >= 15 is 0 Å². The van der Waals surface area contributed by atoms with E-state index in [1.54, 1.807) is 12.3 Å². The van der Waals surface area contributed by atoms with E-state index in [4.69, 9.17) is 5.11 Å². The molecule has 5 heteroatoms. The van der Waals surface area contributed by atoms with Gasteiger partial charge in [-0.3, -0.25) is 9.78 Å². The number of amides is 1. The summed E-state index contributed by atoms with van der Waals surface area (Å²) in [6.45, 7) is 4.37. The number of aromatic nitrogens is 1. The first-order valence-corrected chi connectivity index (χ1v) is 6.38. The molecule has 1 amide bonds. The highest BCUT2D eigenvalue weighted by Crippen LogP contribution is 2.10. The fourth-order valence-electron chi connectivity index (χ4n) is 1.38. The molecule has 0 aliphatic carbocycles. The standard InChI is InChI=1S/C15H21N3O2/c1-15(2,18(3)4)11-17-14(20)13-7-8-16-10-12(13)6-5-9-19/h7-8,10,19H,9,11H2,1-4H3,(H,17,20). The van der Waals surface area contributed by atoms with Gasteiger partial charge in [0.1, 0.15) is 6.61 Å². The summed E-state index contributed by atoms with van der Waals surface area (Å²) in [6.07, 6.45) is 3.07. The van der Waals surface area contributed by atoms with Gasteiger partial charge in [-0.1, -0.05) is 11.8 Å². The van der Waals surface area contributed by atoms with Gasteiger partial charge in [0.05, 0.1) is 11.1 Å². The van der Waals surface area contributed by atoms with Gasteiger partial charge >= 0.3 is 0 Å². The van der Waals surface area contributed by atoms with Gasteiger partial charge in [0.2, 0.25) is 0 Å². The average molecular weight is 275 g/mol. The molecule has 5 nitrogen and oxygen atoms in total. The van der Waals surface area contributed by atoms with Crippen molar-refractivity contribution in [3.8, 4) is 11.8 Å². The molecule has 0 radical (unpaired) electrons. The number of aliphatic hydroxyl groups is 1. The summed E-state index contributed by atoms with van der Waals surface area (Å²) in [6, 6.07) is 1.62. The minimum absolute atomic E-state index is 0.139. The Morgan fingerprint density at radius 1 is 1.50 bits per heavy atom. The summed E-state index contributed by atoms with van der Waals surface area (Å²) in [5, 5.41) is 11.6. The first-order chi connectivity index (χ1) is 9.38. The number of carbonyl (C=O) groups is 1. The summed E-state index contributed by atoms with van der Waals surface area (Å²) in [5.41, 5.74) is 0.844. The molecule has 0 aliphatic rings. The second kappa shape index (κ2) is 7.04. The lowest BCUT2D eigenvalue weighted by Crippen LogP contribution is -2.48. The molecule has 0 spiro atoms. The van der Waals surface area contributed by atoms with Gasteiger partial charge in [-0.05, 0) is 34.0 Å². The van der Waals surface area contributed by atoms with Gasteiger partial charge in [0.25, 0.3) is 5.91 Å². The molecule has 0 saturated heterocycles. The van der Waals surface area contributed by atoms with E-state index in [2.05, 4.69) is 22.1 Å². The molecule has 0 unspecified atom stereocenters. The Hall–Kier alpha value is -1.90. The van der Waals surface area contributed by atoms with E-state index in [9.17, 15) is 4.79 Å². The van der Waals surface area contributed by atoms with Crippen molar-refractivity contribution < 1.29 is 9.90 Å². The fourth-order valence-corrected chi connectivity index (χ4v) is 1.38. The largest absolute Gasteiger partial charge is 0.384 e. The minimum atomic E-state index is -0.246. The molecule has 108 valence electrons. The second-order valence-electron chi connectivity index (χ2n) is 5.27. The maximum absolute atomic E-state index is 12.2. The molecule has 0 aliphatic heterocycles. The topological polar surface area (TPSA) is 65.5 Å². The van der Waals surface area contributed by atoms with E-state index in [-0.39, 0.29) is 18.1 Å². The number of nitrogens with one attached hydrogen (secondary N) is 1. The molecule has 0 atom stereocenters. The second-order valence-corrected chi connectivity index (χ2v) is 5.27. The van der Waals surface area contributed by atoms with Crippen molar-refractivity contribution in [2.24, 2.45) is 0 Å². The molecule has 0 aromatic carbocycles. The Bertz CT molecular complexity index is 527. The third-order valence-electron chi connectivity index (χ3n) is 3.26. The van der Waals surface area contributed by atoms with Crippen LogP contribution < -0.4 is 5.32 Å². The zero-order valence-corrected chi connectivity index (χ0v) is 12.4. The van der Waals surface area contributed by atoms with Gasteiger partial charge in [-0.15, -0.1) is 0 Å². The molecule has 1 heterocycles. The summed E-state index contributed by atoms with van der Waals surface area (Å²) in [7, 11) is 3.94. The lowest BCUT2D eigenvalue weighted by atomic mass is 10.0. The molecule has 0 fully saturated rings. The van der Waals surface area contributed by atoms with Crippen LogP contribution in [0.1, 0.15) is 29.8 Å². The summed E-state index contributed by atoms with van der Waals surface area (Å²) < 4.78 is 0. The minimum Gasteiger partial charge on any atom is -0.384 e. The number of nitrogens with zero attached hydrogens (tertiary/aromatic N) is 2. The Labute approximate surface area is 120 Å². The van der Waals surface area contributed by atoms with Crippen molar-refractivity contribution in [1.82, 2.24) is 15.2 Å². The fraction of sp³-hybridized carbons (Fsp3) is 0.467. The van der Waals surface area contributed by atoms with E-state index < -0.39 is 0 Å². The van der Waals surface area contributed by atoms with Gasteiger partial charge in [0.15, 0.2) is 0 Å². The highest BCUT2D eigenvalue weighted by molar-refractivity contribution is 5.96. The SMILES string of the molecule is CN(C)C(C)(C)CNC(=O)c1ccncc1C#CCO. The Balaban J connectivity index is 2.83. The van der Waals surface area contributed by atoms with Crippen molar-refractivity contribution in [2.45, 2.75) is 19.4 Å². The van der Waals surface area contributed by atoms with E-state index in [1.807, 2.05) is 32.8 Å². The van der Waals surface area contributed by atoms with Crippen LogP contribution in [0.4, 0.5) is 0 Å². The smallest absolute Gasteiger partial charge is 0.252 e. The number of rotatable bonds is 4. The number of hydrogen-bond acceptors (Lipinski definition) is 4. The lowest BCUT2D eigenvalue weighted by molar-refractivity contribution is 0.0919. The molecular formula is C15H21N3O2. The molecule has 20 heavy (non-hydrogen) atoms. The number of likely N-dealkylation sites (N-methyl/N-ethyl adjacent to an activating group) is 1. The van der Waals surface area contributed by atoms with Crippen LogP contribution in [0.5, 0.6) is 0 Å². The predicted octanol–water partition coefficient (Wildman–Crippen LogP) is 0.495. The molecular weight excluding hydrogens is 254 g/mol. The Morgan fingerprint density at radius 2 is 2.20 bits per heavy atom. The number of pyridine rings is 1. The zero-order chi connectivity index (χ0) is 15.2. The number of hydrogen-bond donors (Lipinski definition) is 2. The summed E-state index contributed by atoms with van der Waals surface area (Å²) in [5.74, 6) is 5.07. The maximum atomic E-state index is 12.2. The molecule has 0 saturated carbocycles. The van der Waals surface area contributed by atoms with E-state index in [0.717, 1.165) is 0 Å². The third-order valence-corrected chi connectivity index (χ3v) is 3.26. The van der Waals surface area contributed by atoms with Crippen molar-refractivity contribution in [1.29, 1.82) is 0 Å². The maximum Gasteiger partial charge on any atom is 0.252 e. The summed E-state index contributed by atoms with van der Waals surface area (Å²) in [4.78, 5) is 18.2. The van der Waals surface area contributed by atoms with Crippen LogP contribution in [-0.2, 0) is 0 Å². The molecule has 2 N–H and O–H groups in total. The molecule has 0 bridgehead atoms. The van der Waals surface area contributed by atoms with Gasteiger partial charge < -0.3 is 15.3 Å². The Kier molecular flexibility index (Phi) is 5.68.